The second-order valence-electron chi connectivity index (χ2n) is 8.15. The van der Waals surface area contributed by atoms with Crippen molar-refractivity contribution >= 4 is 55.1 Å². The molecule has 0 aromatic rings. The zero-order valence-corrected chi connectivity index (χ0v) is 21.4. The predicted octanol–water partition coefficient (Wildman–Crippen LogP) is 3.60. The van der Waals surface area contributed by atoms with E-state index in [9.17, 15) is 9.59 Å². The maximum absolute atomic E-state index is 11.7. The third-order valence-electron chi connectivity index (χ3n) is 3.10. The van der Waals surface area contributed by atoms with Gasteiger partial charge in [-0.15, -0.1) is 0 Å². The fraction of sp³-hybridized carbons (Fsp3) is 0.889. The molecule has 166 valence electrons. The highest BCUT2D eigenvalue weighted by Gasteiger charge is 2.20. The van der Waals surface area contributed by atoms with Crippen molar-refractivity contribution in [3.8, 4) is 0 Å². The van der Waals surface area contributed by atoms with E-state index in [1.165, 1.54) is 0 Å². The van der Waals surface area contributed by atoms with Crippen molar-refractivity contribution in [3.63, 3.8) is 0 Å². The summed E-state index contributed by atoms with van der Waals surface area (Å²) in [6, 6.07) is -0.108. The Morgan fingerprint density at radius 3 is 1.43 bits per heavy atom. The number of hydrogen-bond acceptors (Lipinski definition) is 7. The molecule has 0 bridgehead atoms. The van der Waals surface area contributed by atoms with Gasteiger partial charge in [0.2, 0.25) is 5.91 Å². The SMILES string of the molecule is CC(C)(C)NCCSSCCNC(=O)NCCSSCCNC(=O)C(C)(C)C. The molecule has 0 radical (unpaired) electrons. The molecule has 0 heterocycles. The smallest absolute Gasteiger partial charge is 0.314 e. The second-order valence-corrected chi connectivity index (χ2v) is 13.6. The molecule has 4 N–H and O–H groups in total. The van der Waals surface area contributed by atoms with Crippen LogP contribution in [0.25, 0.3) is 0 Å². The van der Waals surface area contributed by atoms with E-state index in [1.807, 2.05) is 31.6 Å². The van der Waals surface area contributed by atoms with Crippen LogP contribution in [0.2, 0.25) is 0 Å². The molecule has 6 nitrogen and oxygen atoms in total. The van der Waals surface area contributed by atoms with Crippen LogP contribution in [0.1, 0.15) is 41.5 Å². The standard InChI is InChI=1S/C18H38N4O2S4/c1-17(2,3)15(23)19-7-11-25-26-12-8-20-16(24)21-9-13-27-28-14-10-22-18(4,5)6/h22H,7-14H2,1-6H3,(H,19,23)(H2,20,21,24). The van der Waals surface area contributed by atoms with E-state index in [-0.39, 0.29) is 22.9 Å². The molecule has 0 saturated heterocycles. The maximum Gasteiger partial charge on any atom is 0.314 e. The van der Waals surface area contributed by atoms with Crippen LogP contribution in [-0.4, -0.2) is 66.7 Å². The Hall–Kier alpha value is 0.1000. The van der Waals surface area contributed by atoms with Crippen molar-refractivity contribution in [3.05, 3.63) is 0 Å². The summed E-state index contributed by atoms with van der Waals surface area (Å²) in [6.45, 7) is 15.2. The average Bonchev–Trinajstić information content (AvgIpc) is 2.57. The van der Waals surface area contributed by atoms with E-state index in [4.69, 9.17) is 0 Å². The first kappa shape index (κ1) is 28.1. The predicted molar refractivity (Wildman–Crippen MR) is 131 cm³/mol. The van der Waals surface area contributed by atoms with Crippen molar-refractivity contribution in [1.82, 2.24) is 21.3 Å². The summed E-state index contributed by atoms with van der Waals surface area (Å²) in [7, 11) is 7.03. The number of carbonyl (C=O) groups excluding carboxylic acids is 2. The Balaban J connectivity index is 3.35. The van der Waals surface area contributed by atoms with Crippen molar-refractivity contribution in [2.75, 3.05) is 49.2 Å². The molecule has 0 fully saturated rings. The number of carbonyl (C=O) groups is 2. The number of urea groups is 1. The van der Waals surface area contributed by atoms with Crippen molar-refractivity contribution < 1.29 is 9.59 Å². The Kier molecular flexibility index (Phi) is 15.9. The van der Waals surface area contributed by atoms with Crippen LogP contribution in [0.5, 0.6) is 0 Å². The number of amides is 3. The average molecular weight is 471 g/mol. The van der Waals surface area contributed by atoms with Gasteiger partial charge in [0.1, 0.15) is 0 Å². The molecule has 0 saturated carbocycles. The first-order valence-electron chi connectivity index (χ1n) is 9.56. The van der Waals surface area contributed by atoms with Gasteiger partial charge in [-0.1, -0.05) is 63.9 Å². The molecule has 0 aliphatic heterocycles. The summed E-state index contributed by atoms with van der Waals surface area (Å²) >= 11 is 0. The van der Waals surface area contributed by atoms with Crippen molar-refractivity contribution in [2.45, 2.75) is 47.1 Å². The van der Waals surface area contributed by atoms with Crippen molar-refractivity contribution in [2.24, 2.45) is 5.41 Å². The van der Waals surface area contributed by atoms with E-state index in [2.05, 4.69) is 42.0 Å². The van der Waals surface area contributed by atoms with Crippen LogP contribution in [0, 0.1) is 5.41 Å². The summed E-state index contributed by atoms with van der Waals surface area (Å²) in [5, 5.41) is 12.1. The lowest BCUT2D eigenvalue weighted by atomic mass is 9.96. The van der Waals surface area contributed by atoms with Gasteiger partial charge >= 0.3 is 6.03 Å². The second kappa shape index (κ2) is 15.9. The minimum Gasteiger partial charge on any atom is -0.355 e. The molecule has 10 heteroatoms. The van der Waals surface area contributed by atoms with Crippen molar-refractivity contribution in [1.29, 1.82) is 0 Å². The van der Waals surface area contributed by atoms with Gasteiger partial charge in [0, 0.05) is 60.1 Å². The summed E-state index contributed by atoms with van der Waals surface area (Å²) < 4.78 is 0. The largest absolute Gasteiger partial charge is 0.355 e. The fourth-order valence-corrected chi connectivity index (χ4v) is 5.28. The third kappa shape index (κ3) is 19.4. The molecule has 0 unspecified atom stereocenters. The molecule has 0 aromatic carbocycles. The first-order chi connectivity index (χ1) is 13.0. The molecule has 0 rings (SSSR count). The third-order valence-corrected chi connectivity index (χ3v) is 7.92. The Labute approximate surface area is 187 Å². The molecule has 0 aliphatic carbocycles. The Bertz CT molecular complexity index is 440. The highest BCUT2D eigenvalue weighted by atomic mass is 33.1. The first-order valence-corrected chi connectivity index (χ1v) is 14.5. The monoisotopic (exact) mass is 470 g/mol. The molecular formula is C18H38N4O2S4. The lowest BCUT2D eigenvalue weighted by molar-refractivity contribution is -0.128. The molecule has 0 aliphatic rings. The maximum atomic E-state index is 11.7. The van der Waals surface area contributed by atoms with Gasteiger partial charge in [0.25, 0.3) is 0 Å². The quantitative estimate of drug-likeness (QED) is 0.228. The Morgan fingerprint density at radius 1 is 0.643 bits per heavy atom. The number of hydrogen-bond donors (Lipinski definition) is 4. The van der Waals surface area contributed by atoms with Crippen LogP contribution in [0.15, 0.2) is 0 Å². The van der Waals surface area contributed by atoms with Gasteiger partial charge in [0.05, 0.1) is 0 Å². The summed E-state index contributed by atoms with van der Waals surface area (Å²) in [5.74, 6) is 3.74. The fourth-order valence-electron chi connectivity index (χ4n) is 1.65. The Morgan fingerprint density at radius 2 is 1.04 bits per heavy atom. The zero-order valence-electron chi connectivity index (χ0n) is 18.1. The van der Waals surface area contributed by atoms with Gasteiger partial charge in [0.15, 0.2) is 0 Å². The summed E-state index contributed by atoms with van der Waals surface area (Å²) in [5.41, 5.74) is -0.167. The summed E-state index contributed by atoms with van der Waals surface area (Å²) in [4.78, 5) is 23.4. The van der Waals surface area contributed by atoms with Gasteiger partial charge in [-0.3, -0.25) is 4.79 Å². The molecule has 0 spiro atoms. The molecule has 28 heavy (non-hydrogen) atoms. The number of nitrogens with one attached hydrogen (secondary N) is 4. The van der Waals surface area contributed by atoms with Gasteiger partial charge in [-0.25, -0.2) is 4.79 Å². The van der Waals surface area contributed by atoms with Gasteiger partial charge < -0.3 is 21.3 Å². The van der Waals surface area contributed by atoms with Gasteiger partial charge in [-0.05, 0) is 20.8 Å². The minimum absolute atomic E-state index is 0.0783. The molecule has 0 atom stereocenters. The highest BCUT2D eigenvalue weighted by Crippen LogP contribution is 2.20. The van der Waals surface area contributed by atoms with Crippen LogP contribution in [0.3, 0.4) is 0 Å². The van der Waals surface area contributed by atoms with Crippen LogP contribution in [0.4, 0.5) is 4.79 Å². The van der Waals surface area contributed by atoms with Crippen LogP contribution < -0.4 is 21.3 Å². The molecule has 3 amide bonds. The van der Waals surface area contributed by atoms with E-state index < -0.39 is 0 Å². The lowest BCUT2D eigenvalue weighted by Gasteiger charge is -2.20. The van der Waals surface area contributed by atoms with Gasteiger partial charge in [-0.2, -0.15) is 0 Å². The van der Waals surface area contributed by atoms with E-state index in [1.54, 1.807) is 32.4 Å². The molecular weight excluding hydrogens is 432 g/mol. The topological polar surface area (TPSA) is 82.3 Å². The van der Waals surface area contributed by atoms with Crippen LogP contribution in [-0.2, 0) is 4.79 Å². The summed E-state index contributed by atoms with van der Waals surface area (Å²) in [6.07, 6.45) is 0. The lowest BCUT2D eigenvalue weighted by Crippen LogP contribution is -2.37. The van der Waals surface area contributed by atoms with E-state index >= 15 is 0 Å². The van der Waals surface area contributed by atoms with Crippen LogP contribution >= 0.6 is 43.2 Å². The van der Waals surface area contributed by atoms with E-state index in [0.717, 1.165) is 29.6 Å². The number of rotatable bonds is 14. The minimum atomic E-state index is -0.338. The molecule has 0 aromatic heterocycles. The zero-order chi connectivity index (χ0) is 21.5. The normalized spacial score (nSPS) is 11.9. The van der Waals surface area contributed by atoms with E-state index in [0.29, 0.717) is 19.6 Å². The highest BCUT2D eigenvalue weighted by molar-refractivity contribution is 8.77.